The third kappa shape index (κ3) is 0.769. The number of aliphatic hydroxyl groups excluding tert-OH is 2. The van der Waals surface area contributed by atoms with Crippen LogP contribution in [0.4, 0.5) is 0 Å². The summed E-state index contributed by atoms with van der Waals surface area (Å²) in [5, 5.41) is 18.4. The number of aliphatic hydroxyl groups is 2. The average Bonchev–Trinajstić information content (AvgIpc) is 2.40. The minimum Gasteiger partial charge on any atom is -0.390 e. The molecule has 2 aliphatic rings. The highest BCUT2D eigenvalue weighted by Crippen LogP contribution is 2.31. The van der Waals surface area contributed by atoms with Crippen molar-refractivity contribution in [2.24, 2.45) is 5.92 Å². The molecule has 2 fully saturated rings. The fraction of sp³-hybridized carbons (Fsp3) is 1.00. The van der Waals surface area contributed by atoms with Gasteiger partial charge in [-0.2, -0.15) is 0 Å². The van der Waals surface area contributed by atoms with Crippen LogP contribution in [-0.4, -0.2) is 41.9 Å². The van der Waals surface area contributed by atoms with Gasteiger partial charge in [0.2, 0.25) is 0 Å². The lowest BCUT2D eigenvalue weighted by Gasteiger charge is -2.11. The van der Waals surface area contributed by atoms with Crippen molar-refractivity contribution in [1.29, 1.82) is 0 Å². The maximum atomic E-state index is 9.20. The summed E-state index contributed by atoms with van der Waals surface area (Å²) in [5.74, 6) is -0.222. The second kappa shape index (κ2) is 2.17. The first-order valence-electron chi connectivity index (χ1n) is 3.38. The summed E-state index contributed by atoms with van der Waals surface area (Å²) in [5.41, 5.74) is 0. The molecule has 2 rings (SSSR count). The number of ether oxygens (including phenoxy) is 2. The van der Waals surface area contributed by atoms with Crippen LogP contribution >= 0.6 is 0 Å². The summed E-state index contributed by atoms with van der Waals surface area (Å²) in [6.45, 7) is 0.568. The second-order valence-electron chi connectivity index (χ2n) is 2.75. The number of rotatable bonds is 0. The smallest absolute Gasteiger partial charge is 0.165 e. The van der Waals surface area contributed by atoms with E-state index in [1.54, 1.807) is 0 Å². The van der Waals surface area contributed by atoms with Crippen LogP contribution in [0.1, 0.15) is 0 Å². The third-order valence-corrected chi connectivity index (χ3v) is 2.07. The number of fused-ring (bicyclic) bond motifs is 1. The molecule has 0 aliphatic carbocycles. The predicted molar refractivity (Wildman–Crippen MR) is 31.2 cm³/mol. The zero-order chi connectivity index (χ0) is 7.14. The van der Waals surface area contributed by atoms with E-state index in [2.05, 4.69) is 0 Å². The fourth-order valence-corrected chi connectivity index (χ4v) is 1.50. The Morgan fingerprint density at radius 2 is 1.50 bits per heavy atom. The Balaban J connectivity index is 2.11. The van der Waals surface area contributed by atoms with E-state index in [9.17, 15) is 10.2 Å². The summed E-state index contributed by atoms with van der Waals surface area (Å²) >= 11 is 0. The van der Waals surface area contributed by atoms with E-state index >= 15 is 0 Å². The molecule has 4 atom stereocenters. The maximum Gasteiger partial charge on any atom is 0.165 e. The van der Waals surface area contributed by atoms with E-state index < -0.39 is 12.2 Å². The van der Waals surface area contributed by atoms with Crippen LogP contribution in [0.15, 0.2) is 0 Å². The van der Waals surface area contributed by atoms with Crippen LogP contribution in [0.5, 0.6) is 0 Å². The quantitative estimate of drug-likeness (QED) is 0.446. The molecular weight excluding hydrogens is 136 g/mol. The monoisotopic (exact) mass is 146 g/mol. The van der Waals surface area contributed by atoms with Gasteiger partial charge in [0.15, 0.2) is 6.29 Å². The molecule has 0 spiro atoms. The van der Waals surface area contributed by atoms with Crippen LogP contribution in [0, 0.1) is 5.92 Å². The SMILES string of the molecule is O[C@@H]1CO[C@@H]2OC[C@H](O)[C@@H]21. The molecule has 0 unspecified atom stereocenters. The van der Waals surface area contributed by atoms with Gasteiger partial charge in [-0.05, 0) is 0 Å². The summed E-state index contributed by atoms with van der Waals surface area (Å²) in [6.07, 6.45) is -1.48. The Labute approximate surface area is 58.4 Å². The Morgan fingerprint density at radius 3 is 1.90 bits per heavy atom. The second-order valence-corrected chi connectivity index (χ2v) is 2.75. The maximum absolute atomic E-state index is 9.20. The molecule has 2 aliphatic heterocycles. The van der Waals surface area contributed by atoms with Crippen molar-refractivity contribution >= 4 is 0 Å². The first-order chi connectivity index (χ1) is 4.79. The molecule has 4 heteroatoms. The lowest BCUT2D eigenvalue weighted by molar-refractivity contribution is -0.0911. The van der Waals surface area contributed by atoms with Gasteiger partial charge in [0, 0.05) is 0 Å². The normalized spacial score (nSPS) is 53.4. The topological polar surface area (TPSA) is 58.9 Å². The predicted octanol–water partition coefficient (Wildman–Crippen LogP) is -1.29. The Bertz CT molecular complexity index is 124. The van der Waals surface area contributed by atoms with Gasteiger partial charge in [0.1, 0.15) is 0 Å². The molecule has 58 valence electrons. The molecule has 10 heavy (non-hydrogen) atoms. The first-order valence-corrected chi connectivity index (χ1v) is 3.38. The highest BCUT2D eigenvalue weighted by molar-refractivity contribution is 4.88. The van der Waals surface area contributed by atoms with E-state index in [0.29, 0.717) is 0 Å². The van der Waals surface area contributed by atoms with Gasteiger partial charge in [-0.3, -0.25) is 0 Å². The Hall–Kier alpha value is -0.160. The van der Waals surface area contributed by atoms with Gasteiger partial charge in [0.25, 0.3) is 0 Å². The Kier molecular flexibility index (Phi) is 1.42. The molecule has 2 saturated heterocycles. The third-order valence-electron chi connectivity index (χ3n) is 2.07. The van der Waals surface area contributed by atoms with Crippen molar-refractivity contribution in [3.05, 3.63) is 0 Å². The highest BCUT2D eigenvalue weighted by atomic mass is 16.7. The molecule has 0 amide bonds. The zero-order valence-corrected chi connectivity index (χ0v) is 5.43. The van der Waals surface area contributed by atoms with E-state index in [-0.39, 0.29) is 25.4 Å². The molecule has 0 bridgehead atoms. The average molecular weight is 146 g/mol. The van der Waals surface area contributed by atoms with E-state index in [1.165, 1.54) is 0 Å². The largest absolute Gasteiger partial charge is 0.390 e. The molecule has 0 aromatic carbocycles. The van der Waals surface area contributed by atoms with Crippen molar-refractivity contribution in [2.75, 3.05) is 13.2 Å². The van der Waals surface area contributed by atoms with Gasteiger partial charge in [0.05, 0.1) is 31.3 Å². The van der Waals surface area contributed by atoms with Crippen LogP contribution < -0.4 is 0 Å². The van der Waals surface area contributed by atoms with Gasteiger partial charge in [-0.1, -0.05) is 0 Å². The molecule has 0 aromatic rings. The number of hydrogen-bond donors (Lipinski definition) is 2. The van der Waals surface area contributed by atoms with Gasteiger partial charge in [-0.15, -0.1) is 0 Å². The molecular formula is C6H10O4. The first kappa shape index (κ1) is 6.54. The summed E-state index contributed by atoms with van der Waals surface area (Å²) in [6, 6.07) is 0. The molecule has 4 nitrogen and oxygen atoms in total. The van der Waals surface area contributed by atoms with Gasteiger partial charge in [-0.25, -0.2) is 0 Å². The molecule has 2 heterocycles. The summed E-state index contributed by atoms with van der Waals surface area (Å²) < 4.78 is 10.1. The molecule has 0 aromatic heterocycles. The molecule has 0 radical (unpaired) electrons. The standard InChI is InChI=1S/C6H10O4/c7-3-1-9-6-5(3)4(8)2-10-6/h3-8H,1-2H2/t3-,4+,5+,6-. The van der Waals surface area contributed by atoms with Crippen LogP contribution in [0.25, 0.3) is 0 Å². The summed E-state index contributed by atoms with van der Waals surface area (Å²) in [4.78, 5) is 0. The fourth-order valence-electron chi connectivity index (χ4n) is 1.50. The van der Waals surface area contributed by atoms with E-state index in [1.807, 2.05) is 0 Å². The highest BCUT2D eigenvalue weighted by Gasteiger charge is 2.46. The van der Waals surface area contributed by atoms with Gasteiger partial charge >= 0.3 is 0 Å². The molecule has 0 saturated carbocycles. The number of hydrogen-bond acceptors (Lipinski definition) is 4. The van der Waals surface area contributed by atoms with Gasteiger partial charge < -0.3 is 19.7 Å². The van der Waals surface area contributed by atoms with Crippen molar-refractivity contribution in [2.45, 2.75) is 18.5 Å². The van der Waals surface area contributed by atoms with Crippen LogP contribution in [0.2, 0.25) is 0 Å². The van der Waals surface area contributed by atoms with Crippen LogP contribution in [0.3, 0.4) is 0 Å². The lowest BCUT2D eigenvalue weighted by atomic mass is 10.0. The summed E-state index contributed by atoms with van der Waals surface area (Å²) in [7, 11) is 0. The minimum atomic E-state index is -0.553. The molecule has 2 N–H and O–H groups in total. The van der Waals surface area contributed by atoms with Crippen molar-refractivity contribution in [3.8, 4) is 0 Å². The van der Waals surface area contributed by atoms with E-state index in [0.717, 1.165) is 0 Å². The van der Waals surface area contributed by atoms with E-state index in [4.69, 9.17) is 9.47 Å². The minimum absolute atomic E-state index is 0.222. The lowest BCUT2D eigenvalue weighted by Crippen LogP contribution is -2.29. The van der Waals surface area contributed by atoms with Crippen molar-refractivity contribution in [1.82, 2.24) is 0 Å². The Morgan fingerprint density at radius 1 is 1.00 bits per heavy atom. The van der Waals surface area contributed by atoms with Crippen molar-refractivity contribution < 1.29 is 19.7 Å². The van der Waals surface area contributed by atoms with Crippen molar-refractivity contribution in [3.63, 3.8) is 0 Å². The van der Waals surface area contributed by atoms with Crippen LogP contribution in [-0.2, 0) is 9.47 Å². The zero-order valence-electron chi connectivity index (χ0n) is 5.43.